The molecular weight excluding hydrogens is 384 g/mol. The summed E-state index contributed by atoms with van der Waals surface area (Å²) in [6.07, 6.45) is -0.612. The number of benzene rings is 2. The zero-order chi connectivity index (χ0) is 20.3. The SMILES string of the molecule is C[C@@H]1Oc2ccc(NC(=O)CNS(=O)(=O)c3ccccc3C#N)cc2NC1=O. The lowest BCUT2D eigenvalue weighted by molar-refractivity contribution is -0.122. The van der Waals surface area contributed by atoms with Crippen LogP contribution in [-0.4, -0.2) is 32.9 Å². The van der Waals surface area contributed by atoms with Gasteiger partial charge in [-0.2, -0.15) is 5.26 Å². The molecule has 0 saturated carbocycles. The van der Waals surface area contributed by atoms with E-state index in [1.807, 2.05) is 0 Å². The van der Waals surface area contributed by atoms with E-state index in [0.29, 0.717) is 17.1 Å². The van der Waals surface area contributed by atoms with Gasteiger partial charge in [-0.05, 0) is 37.3 Å². The first-order valence-corrected chi connectivity index (χ1v) is 9.68. The number of rotatable bonds is 5. The van der Waals surface area contributed by atoms with Crippen molar-refractivity contribution in [1.29, 1.82) is 5.26 Å². The van der Waals surface area contributed by atoms with Crippen LogP contribution in [0.25, 0.3) is 0 Å². The molecule has 3 N–H and O–H groups in total. The molecule has 0 saturated heterocycles. The van der Waals surface area contributed by atoms with Crippen molar-refractivity contribution >= 4 is 33.2 Å². The predicted octanol–water partition coefficient (Wildman–Crippen LogP) is 1.19. The molecule has 144 valence electrons. The Hall–Kier alpha value is -3.42. The van der Waals surface area contributed by atoms with Gasteiger partial charge in [-0.1, -0.05) is 12.1 Å². The fourth-order valence-electron chi connectivity index (χ4n) is 2.52. The van der Waals surface area contributed by atoms with Gasteiger partial charge in [0.25, 0.3) is 5.91 Å². The van der Waals surface area contributed by atoms with Crippen LogP contribution >= 0.6 is 0 Å². The topological polar surface area (TPSA) is 137 Å². The van der Waals surface area contributed by atoms with Crippen LogP contribution in [0.3, 0.4) is 0 Å². The summed E-state index contributed by atoms with van der Waals surface area (Å²) in [5.41, 5.74) is 0.748. The van der Waals surface area contributed by atoms with Gasteiger partial charge >= 0.3 is 0 Å². The molecule has 1 aliphatic rings. The third-order valence-electron chi connectivity index (χ3n) is 3.91. The van der Waals surface area contributed by atoms with Crippen molar-refractivity contribution in [2.24, 2.45) is 0 Å². The third kappa shape index (κ3) is 4.11. The number of fused-ring (bicyclic) bond motifs is 1. The molecule has 0 radical (unpaired) electrons. The highest BCUT2D eigenvalue weighted by atomic mass is 32.2. The molecule has 28 heavy (non-hydrogen) atoms. The Balaban J connectivity index is 1.66. The van der Waals surface area contributed by atoms with Gasteiger partial charge in [-0.15, -0.1) is 0 Å². The number of sulfonamides is 1. The minimum Gasteiger partial charge on any atom is -0.479 e. The summed E-state index contributed by atoms with van der Waals surface area (Å²) in [5, 5.41) is 14.2. The van der Waals surface area contributed by atoms with Gasteiger partial charge in [0.05, 0.1) is 22.7 Å². The van der Waals surface area contributed by atoms with Gasteiger partial charge in [-0.3, -0.25) is 9.59 Å². The number of carbonyl (C=O) groups excluding carboxylic acids is 2. The van der Waals surface area contributed by atoms with Crippen molar-refractivity contribution in [1.82, 2.24) is 4.72 Å². The monoisotopic (exact) mass is 400 g/mol. The maximum Gasteiger partial charge on any atom is 0.265 e. The number of anilines is 2. The summed E-state index contributed by atoms with van der Waals surface area (Å²) < 4.78 is 32.2. The fraction of sp³-hybridized carbons (Fsp3) is 0.167. The lowest BCUT2D eigenvalue weighted by atomic mass is 10.2. The molecule has 10 heteroatoms. The van der Waals surface area contributed by atoms with Gasteiger partial charge in [0.1, 0.15) is 11.8 Å². The summed E-state index contributed by atoms with van der Waals surface area (Å²) in [5.74, 6) is -0.451. The van der Waals surface area contributed by atoms with E-state index >= 15 is 0 Å². The van der Waals surface area contributed by atoms with E-state index in [0.717, 1.165) is 0 Å². The first-order valence-electron chi connectivity index (χ1n) is 8.20. The molecule has 0 spiro atoms. The van der Waals surface area contributed by atoms with Crippen molar-refractivity contribution < 1.29 is 22.7 Å². The van der Waals surface area contributed by atoms with E-state index in [4.69, 9.17) is 10.00 Å². The number of hydrogen-bond acceptors (Lipinski definition) is 6. The Morgan fingerprint density at radius 2 is 2.04 bits per heavy atom. The Kier molecular flexibility index (Phi) is 5.30. The lowest BCUT2D eigenvalue weighted by Gasteiger charge is -2.23. The summed E-state index contributed by atoms with van der Waals surface area (Å²) in [6.45, 7) is 1.09. The van der Waals surface area contributed by atoms with E-state index in [9.17, 15) is 18.0 Å². The minimum atomic E-state index is -4.03. The van der Waals surface area contributed by atoms with Crippen molar-refractivity contribution in [2.75, 3.05) is 17.2 Å². The number of nitrogens with one attached hydrogen (secondary N) is 3. The molecule has 0 fully saturated rings. The molecule has 1 atom stereocenters. The summed E-state index contributed by atoms with van der Waals surface area (Å²) in [6, 6.07) is 12.2. The minimum absolute atomic E-state index is 0.0185. The average Bonchev–Trinajstić information content (AvgIpc) is 2.67. The van der Waals surface area contributed by atoms with Crippen molar-refractivity contribution in [2.45, 2.75) is 17.9 Å². The van der Waals surface area contributed by atoms with E-state index in [1.165, 1.54) is 24.3 Å². The molecule has 3 rings (SSSR count). The maximum absolute atomic E-state index is 12.3. The standard InChI is InChI=1S/C18H16N4O5S/c1-11-18(24)22-14-8-13(6-7-15(14)27-11)21-17(23)10-20-28(25,26)16-5-3-2-4-12(16)9-19/h2-8,11,20H,10H2,1H3,(H,21,23)(H,22,24)/t11-/m0/s1. The predicted molar refractivity (Wildman–Crippen MR) is 100 cm³/mol. The number of ether oxygens (including phenoxy) is 1. The van der Waals surface area contributed by atoms with Crippen LogP contribution in [0.15, 0.2) is 47.4 Å². The smallest absolute Gasteiger partial charge is 0.265 e. The third-order valence-corrected chi connectivity index (χ3v) is 5.37. The molecule has 9 nitrogen and oxygen atoms in total. The van der Waals surface area contributed by atoms with E-state index in [2.05, 4.69) is 15.4 Å². The number of nitrogens with zero attached hydrogens (tertiary/aromatic N) is 1. The van der Waals surface area contributed by atoms with Gasteiger partial charge < -0.3 is 15.4 Å². The number of carbonyl (C=O) groups is 2. The van der Waals surface area contributed by atoms with Crippen LogP contribution in [-0.2, 0) is 19.6 Å². The molecule has 1 heterocycles. The normalized spacial score (nSPS) is 15.6. The van der Waals surface area contributed by atoms with Crippen LogP contribution < -0.4 is 20.1 Å². The van der Waals surface area contributed by atoms with E-state index in [1.54, 1.807) is 31.2 Å². The molecule has 0 bridgehead atoms. The van der Waals surface area contributed by atoms with Gasteiger partial charge in [0, 0.05) is 5.69 Å². The zero-order valence-electron chi connectivity index (χ0n) is 14.7. The lowest BCUT2D eigenvalue weighted by Crippen LogP contribution is -2.34. The van der Waals surface area contributed by atoms with Gasteiger partial charge in [-0.25, -0.2) is 13.1 Å². The van der Waals surface area contributed by atoms with Gasteiger partial charge in [0.15, 0.2) is 6.10 Å². The van der Waals surface area contributed by atoms with Gasteiger partial charge in [0.2, 0.25) is 15.9 Å². The Morgan fingerprint density at radius 1 is 1.29 bits per heavy atom. The van der Waals surface area contributed by atoms with Crippen molar-refractivity contribution in [3.8, 4) is 11.8 Å². The highest BCUT2D eigenvalue weighted by Crippen LogP contribution is 2.32. The van der Waals surface area contributed by atoms with Crippen LogP contribution in [0.5, 0.6) is 5.75 Å². The quantitative estimate of drug-likeness (QED) is 0.689. The number of hydrogen-bond donors (Lipinski definition) is 3. The van der Waals surface area contributed by atoms with Crippen LogP contribution in [0.2, 0.25) is 0 Å². The second-order valence-electron chi connectivity index (χ2n) is 5.94. The number of nitriles is 1. The molecule has 2 amide bonds. The summed E-state index contributed by atoms with van der Waals surface area (Å²) in [4.78, 5) is 23.6. The second-order valence-corrected chi connectivity index (χ2v) is 7.68. The Morgan fingerprint density at radius 3 is 2.79 bits per heavy atom. The van der Waals surface area contributed by atoms with Crippen LogP contribution in [0.1, 0.15) is 12.5 Å². The molecule has 0 unspecified atom stereocenters. The number of amides is 2. The second kappa shape index (κ2) is 7.67. The average molecular weight is 400 g/mol. The zero-order valence-corrected chi connectivity index (χ0v) is 15.5. The Bertz CT molecular complexity index is 1090. The van der Waals surface area contributed by atoms with E-state index in [-0.39, 0.29) is 16.4 Å². The summed E-state index contributed by atoms with van der Waals surface area (Å²) in [7, 11) is -4.03. The van der Waals surface area contributed by atoms with Crippen LogP contribution in [0.4, 0.5) is 11.4 Å². The summed E-state index contributed by atoms with van der Waals surface area (Å²) >= 11 is 0. The first kappa shape index (κ1) is 19.3. The molecule has 0 aliphatic carbocycles. The van der Waals surface area contributed by atoms with Crippen LogP contribution in [0, 0.1) is 11.3 Å². The highest BCUT2D eigenvalue weighted by molar-refractivity contribution is 7.89. The Labute approximate surface area is 161 Å². The molecule has 1 aliphatic heterocycles. The van der Waals surface area contributed by atoms with Crippen molar-refractivity contribution in [3.63, 3.8) is 0 Å². The van der Waals surface area contributed by atoms with E-state index < -0.39 is 28.6 Å². The fourth-order valence-corrected chi connectivity index (χ4v) is 3.66. The largest absolute Gasteiger partial charge is 0.479 e. The van der Waals surface area contributed by atoms with Crippen molar-refractivity contribution in [3.05, 3.63) is 48.0 Å². The molecule has 0 aromatic heterocycles. The highest BCUT2D eigenvalue weighted by Gasteiger charge is 2.24. The molecule has 2 aromatic carbocycles. The molecule has 2 aromatic rings. The maximum atomic E-state index is 12.3. The first-order chi connectivity index (χ1) is 13.3. The molecular formula is C18H16N4O5S.